The molecule has 10 heteroatoms. The Kier molecular flexibility index (Phi) is 9.83. The van der Waals surface area contributed by atoms with E-state index in [-0.39, 0.29) is 29.4 Å². The van der Waals surface area contributed by atoms with Gasteiger partial charge in [0.15, 0.2) is 6.61 Å². The van der Waals surface area contributed by atoms with Gasteiger partial charge in [-0.2, -0.15) is 0 Å². The Bertz CT molecular complexity index is 1060. The molecule has 35 heavy (non-hydrogen) atoms. The van der Waals surface area contributed by atoms with Crippen LogP contribution in [0.25, 0.3) is 0 Å². The molecule has 0 spiro atoms. The van der Waals surface area contributed by atoms with Crippen LogP contribution in [0.5, 0.6) is 5.75 Å². The highest BCUT2D eigenvalue weighted by Gasteiger charge is 2.24. The molecular formula is C25H27Cl2N3O5. The minimum Gasteiger partial charge on any atom is -0.482 e. The predicted octanol–water partition coefficient (Wildman–Crippen LogP) is 3.95. The van der Waals surface area contributed by atoms with Crippen molar-refractivity contribution in [2.45, 2.75) is 31.6 Å². The smallest absolute Gasteiger partial charge is 0.341 e. The van der Waals surface area contributed by atoms with Gasteiger partial charge in [0, 0.05) is 19.1 Å². The average Bonchev–Trinajstić information content (AvgIpc) is 2.83. The normalized spacial score (nSPS) is 13.9. The molecule has 2 heterocycles. The lowest BCUT2D eigenvalue weighted by Gasteiger charge is -2.32. The lowest BCUT2D eigenvalue weighted by Crippen LogP contribution is -2.40. The highest BCUT2D eigenvalue weighted by molar-refractivity contribution is 6.29. The molecule has 3 N–H and O–H groups in total. The summed E-state index contributed by atoms with van der Waals surface area (Å²) in [5, 5.41) is 31.0. The van der Waals surface area contributed by atoms with Gasteiger partial charge >= 0.3 is 5.97 Å². The number of carbonyl (C=O) groups is 1. The monoisotopic (exact) mass is 519 g/mol. The number of rotatable bonds is 12. The summed E-state index contributed by atoms with van der Waals surface area (Å²) in [5.74, 6) is -0.579. The molecule has 0 saturated heterocycles. The molecule has 0 amide bonds. The highest BCUT2D eigenvalue weighted by atomic mass is 35.5. The summed E-state index contributed by atoms with van der Waals surface area (Å²) >= 11 is 12.0. The predicted molar refractivity (Wildman–Crippen MR) is 133 cm³/mol. The number of ether oxygens (including phenoxy) is 1. The minimum absolute atomic E-state index is 0.0940. The van der Waals surface area contributed by atoms with Crippen LogP contribution in [0.2, 0.25) is 10.3 Å². The van der Waals surface area contributed by atoms with Crippen LogP contribution in [0.1, 0.15) is 36.1 Å². The van der Waals surface area contributed by atoms with Crippen molar-refractivity contribution in [1.82, 2.24) is 14.9 Å². The van der Waals surface area contributed by atoms with E-state index in [2.05, 4.69) is 9.97 Å². The van der Waals surface area contributed by atoms with Gasteiger partial charge in [-0.1, -0.05) is 47.5 Å². The van der Waals surface area contributed by atoms with E-state index in [9.17, 15) is 15.0 Å². The Balaban J connectivity index is 1.74. The van der Waals surface area contributed by atoms with Crippen LogP contribution in [0.3, 0.4) is 0 Å². The van der Waals surface area contributed by atoms with Gasteiger partial charge in [-0.3, -0.25) is 4.90 Å². The topological polar surface area (TPSA) is 116 Å². The Labute approximate surface area is 213 Å². The van der Waals surface area contributed by atoms with Crippen molar-refractivity contribution < 1.29 is 24.9 Å². The molecule has 3 rings (SSSR count). The number of aliphatic hydroxyl groups is 2. The number of carboxylic acid groups (broad SMARTS) is 1. The maximum absolute atomic E-state index is 10.9. The maximum atomic E-state index is 10.9. The van der Waals surface area contributed by atoms with Crippen LogP contribution in [-0.2, 0) is 11.2 Å². The van der Waals surface area contributed by atoms with E-state index in [1.807, 2.05) is 24.0 Å². The molecule has 0 aliphatic heterocycles. The average molecular weight is 520 g/mol. The molecule has 2 aromatic heterocycles. The highest BCUT2D eigenvalue weighted by Crippen LogP contribution is 2.22. The van der Waals surface area contributed by atoms with Crippen LogP contribution >= 0.6 is 23.2 Å². The number of benzene rings is 1. The number of aromatic nitrogens is 2. The molecule has 8 nitrogen and oxygen atoms in total. The van der Waals surface area contributed by atoms with Crippen LogP contribution in [0.15, 0.2) is 60.7 Å². The summed E-state index contributed by atoms with van der Waals surface area (Å²) in [6.07, 6.45) is -1.25. The SMILES string of the molecule is C[C@H](Cc1ccc(OCC(=O)O)cc1)N(C[C@H](O)c1cccc(Cl)n1)C[C@H](O)c1cccc(Cl)n1. The van der Waals surface area contributed by atoms with Crippen LogP contribution in [0, 0.1) is 0 Å². The second-order valence-corrected chi connectivity index (χ2v) is 8.91. The first-order valence-electron chi connectivity index (χ1n) is 11.0. The van der Waals surface area contributed by atoms with E-state index < -0.39 is 24.8 Å². The van der Waals surface area contributed by atoms with Crippen LogP contribution < -0.4 is 4.74 Å². The second-order valence-electron chi connectivity index (χ2n) is 8.14. The van der Waals surface area contributed by atoms with E-state index in [1.165, 1.54) is 0 Å². The Morgan fingerprint density at radius 3 is 1.89 bits per heavy atom. The van der Waals surface area contributed by atoms with Crippen molar-refractivity contribution in [2.75, 3.05) is 19.7 Å². The van der Waals surface area contributed by atoms with Gasteiger partial charge in [-0.25, -0.2) is 14.8 Å². The van der Waals surface area contributed by atoms with Crippen molar-refractivity contribution in [1.29, 1.82) is 0 Å². The van der Waals surface area contributed by atoms with E-state index in [0.29, 0.717) is 23.6 Å². The fourth-order valence-electron chi connectivity index (χ4n) is 3.62. The molecule has 3 atom stereocenters. The molecular weight excluding hydrogens is 493 g/mol. The number of hydrogen-bond acceptors (Lipinski definition) is 7. The molecule has 1 aromatic carbocycles. The zero-order valence-electron chi connectivity index (χ0n) is 19.1. The number of hydrogen-bond donors (Lipinski definition) is 3. The number of aliphatic hydroxyl groups excluding tert-OH is 2. The van der Waals surface area contributed by atoms with E-state index >= 15 is 0 Å². The summed E-state index contributed by atoms with van der Waals surface area (Å²) in [5.41, 5.74) is 1.85. The first-order chi connectivity index (χ1) is 16.7. The molecule has 186 valence electrons. The number of halogens is 2. The van der Waals surface area contributed by atoms with Gasteiger partial charge in [-0.15, -0.1) is 0 Å². The van der Waals surface area contributed by atoms with E-state index in [0.717, 1.165) is 5.56 Å². The third-order valence-corrected chi connectivity index (χ3v) is 5.83. The standard InChI is InChI=1S/C25H27Cl2N3O5/c1-16(12-17-8-10-18(11-9-17)35-15-25(33)34)30(13-21(31)19-4-2-6-23(26)28-19)14-22(32)20-5-3-7-24(27)29-20/h2-11,16,21-22,31-32H,12-15H2,1H3,(H,33,34)/t16-,21+,22+/m1/s1. The number of pyridine rings is 2. The summed E-state index contributed by atoms with van der Waals surface area (Å²) in [6, 6.07) is 17.2. The molecule has 3 aromatic rings. The zero-order valence-corrected chi connectivity index (χ0v) is 20.6. The van der Waals surface area contributed by atoms with Gasteiger partial charge in [0.1, 0.15) is 28.3 Å². The van der Waals surface area contributed by atoms with Crippen LogP contribution in [-0.4, -0.2) is 61.9 Å². The summed E-state index contributed by atoms with van der Waals surface area (Å²) < 4.78 is 5.19. The summed E-state index contributed by atoms with van der Waals surface area (Å²) in [4.78, 5) is 21.0. The van der Waals surface area contributed by atoms with Gasteiger partial charge in [0.25, 0.3) is 0 Å². The fraction of sp³-hybridized carbons (Fsp3) is 0.320. The maximum Gasteiger partial charge on any atom is 0.341 e. The van der Waals surface area contributed by atoms with Gasteiger partial charge < -0.3 is 20.1 Å². The second kappa shape index (κ2) is 12.8. The van der Waals surface area contributed by atoms with Gasteiger partial charge in [0.2, 0.25) is 0 Å². The first kappa shape index (κ1) is 26.8. The van der Waals surface area contributed by atoms with E-state index in [1.54, 1.807) is 48.5 Å². The van der Waals surface area contributed by atoms with Crippen molar-refractivity contribution >= 4 is 29.2 Å². The van der Waals surface area contributed by atoms with Crippen molar-refractivity contribution in [3.8, 4) is 5.75 Å². The van der Waals surface area contributed by atoms with Crippen molar-refractivity contribution in [2.24, 2.45) is 0 Å². The number of aliphatic carboxylic acids is 1. The number of nitrogens with zero attached hydrogens (tertiary/aromatic N) is 3. The quantitative estimate of drug-likeness (QED) is 0.308. The first-order valence-corrected chi connectivity index (χ1v) is 11.8. The third kappa shape index (κ3) is 8.45. The molecule has 0 unspecified atom stereocenters. The largest absolute Gasteiger partial charge is 0.482 e. The van der Waals surface area contributed by atoms with Gasteiger partial charge in [-0.05, 0) is 55.3 Å². The fourth-order valence-corrected chi connectivity index (χ4v) is 3.96. The molecule has 0 radical (unpaired) electrons. The summed E-state index contributed by atoms with van der Waals surface area (Å²) in [6.45, 7) is 1.98. The zero-order chi connectivity index (χ0) is 25.4. The van der Waals surface area contributed by atoms with E-state index in [4.69, 9.17) is 33.0 Å². The van der Waals surface area contributed by atoms with Gasteiger partial charge in [0.05, 0.1) is 11.4 Å². The Morgan fingerprint density at radius 1 is 0.914 bits per heavy atom. The molecule has 0 aliphatic carbocycles. The van der Waals surface area contributed by atoms with Crippen molar-refractivity contribution in [3.63, 3.8) is 0 Å². The number of carboxylic acids is 1. The van der Waals surface area contributed by atoms with Crippen LogP contribution in [0.4, 0.5) is 0 Å². The summed E-state index contributed by atoms with van der Waals surface area (Å²) in [7, 11) is 0. The lowest BCUT2D eigenvalue weighted by atomic mass is 10.0. The third-order valence-electron chi connectivity index (χ3n) is 5.41. The molecule has 0 bridgehead atoms. The molecule has 0 fully saturated rings. The molecule has 0 saturated carbocycles. The Hall–Kier alpha value is -2.75. The minimum atomic E-state index is -1.04. The Morgan fingerprint density at radius 2 is 1.43 bits per heavy atom. The molecule has 0 aliphatic rings. The van der Waals surface area contributed by atoms with Crippen molar-refractivity contribution in [3.05, 3.63) is 87.9 Å². The lowest BCUT2D eigenvalue weighted by molar-refractivity contribution is -0.139.